The van der Waals surface area contributed by atoms with Crippen molar-refractivity contribution in [3.05, 3.63) is 18.2 Å². The molecule has 0 N–H and O–H groups in total. The monoisotopic (exact) mass is 236 g/mol. The van der Waals surface area contributed by atoms with E-state index >= 15 is 0 Å². The van der Waals surface area contributed by atoms with Gasteiger partial charge in [0, 0.05) is 38.9 Å². The largest absolute Gasteiger partial charge is 0.370 e. The predicted octanol–water partition coefficient (Wildman–Crippen LogP) is 1.74. The molecule has 0 aromatic carbocycles. The zero-order valence-corrected chi connectivity index (χ0v) is 10.6. The van der Waals surface area contributed by atoms with Crippen molar-refractivity contribution in [2.24, 2.45) is 13.0 Å². The van der Waals surface area contributed by atoms with E-state index in [1.165, 1.54) is 0 Å². The molecule has 17 heavy (non-hydrogen) atoms. The van der Waals surface area contributed by atoms with E-state index in [4.69, 9.17) is 4.74 Å². The Morgan fingerprint density at radius 2 is 2.41 bits per heavy atom. The van der Waals surface area contributed by atoms with Crippen LogP contribution in [0.5, 0.6) is 0 Å². The van der Waals surface area contributed by atoms with Crippen LogP contribution in [0.15, 0.2) is 12.4 Å². The number of carbonyl (C=O) groups is 1. The Bertz CT molecular complexity index is 383. The maximum absolute atomic E-state index is 12.1. The Hall–Kier alpha value is -1.16. The van der Waals surface area contributed by atoms with Gasteiger partial charge < -0.3 is 9.30 Å². The van der Waals surface area contributed by atoms with Gasteiger partial charge in [0.2, 0.25) is 0 Å². The summed E-state index contributed by atoms with van der Waals surface area (Å²) >= 11 is 0. The van der Waals surface area contributed by atoms with Gasteiger partial charge in [0.1, 0.15) is 11.9 Å². The Labute approximate surface area is 102 Å². The van der Waals surface area contributed by atoms with Crippen LogP contribution in [-0.2, 0) is 23.0 Å². The summed E-state index contributed by atoms with van der Waals surface area (Å²) in [5.74, 6) is 1.67. The molecule has 1 atom stereocenters. The summed E-state index contributed by atoms with van der Waals surface area (Å²) in [4.78, 5) is 16.3. The van der Waals surface area contributed by atoms with Crippen molar-refractivity contribution in [3.63, 3.8) is 0 Å². The Morgan fingerprint density at radius 3 is 2.94 bits per heavy atom. The number of ether oxygens (including phenoxy) is 1. The summed E-state index contributed by atoms with van der Waals surface area (Å²) < 4.78 is 7.51. The molecule has 1 aromatic rings. The minimum atomic E-state index is -0.166. The first-order chi connectivity index (χ1) is 8.22. The average molecular weight is 236 g/mol. The van der Waals surface area contributed by atoms with E-state index in [9.17, 15) is 4.79 Å². The van der Waals surface area contributed by atoms with Crippen molar-refractivity contribution >= 4 is 5.78 Å². The second-order valence-electron chi connectivity index (χ2n) is 4.63. The summed E-state index contributed by atoms with van der Waals surface area (Å²) in [7, 11) is 1.95. The molecule has 1 fully saturated rings. The van der Waals surface area contributed by atoms with E-state index < -0.39 is 0 Å². The van der Waals surface area contributed by atoms with Gasteiger partial charge >= 0.3 is 0 Å². The normalized spacial score (nSPS) is 17.1. The molecule has 1 saturated carbocycles. The first-order valence-electron chi connectivity index (χ1n) is 6.33. The van der Waals surface area contributed by atoms with E-state index in [2.05, 4.69) is 4.98 Å². The van der Waals surface area contributed by atoms with Crippen molar-refractivity contribution in [1.82, 2.24) is 9.55 Å². The van der Waals surface area contributed by atoms with Crippen LogP contribution in [-0.4, -0.2) is 28.0 Å². The number of hydrogen-bond donors (Lipinski definition) is 0. The van der Waals surface area contributed by atoms with Crippen molar-refractivity contribution in [2.45, 2.75) is 38.7 Å². The van der Waals surface area contributed by atoms with E-state index in [0.29, 0.717) is 25.4 Å². The molecule has 1 aliphatic carbocycles. The standard InChI is InChI=1S/C13H20N2O2/c1-3-17-13(10-4-5-10)11(16)6-7-12-14-8-9-15(12)2/h8-10,13H,3-7H2,1-2H3. The second kappa shape index (κ2) is 5.45. The summed E-state index contributed by atoms with van der Waals surface area (Å²) in [5, 5.41) is 0. The molecule has 4 heteroatoms. The number of Topliss-reactive ketones (excluding diaryl/α,β-unsaturated/α-hetero) is 1. The fourth-order valence-electron chi connectivity index (χ4n) is 2.09. The number of hydrogen-bond acceptors (Lipinski definition) is 3. The minimum absolute atomic E-state index is 0.166. The maximum Gasteiger partial charge on any atom is 0.162 e. The number of imidazole rings is 1. The summed E-state index contributed by atoms with van der Waals surface area (Å²) in [6.45, 7) is 2.57. The molecule has 0 spiro atoms. The summed E-state index contributed by atoms with van der Waals surface area (Å²) in [6, 6.07) is 0. The first kappa shape index (κ1) is 12.3. The Morgan fingerprint density at radius 1 is 1.65 bits per heavy atom. The molecule has 0 bridgehead atoms. The van der Waals surface area contributed by atoms with Gasteiger partial charge in [0.15, 0.2) is 5.78 Å². The molecule has 2 rings (SSSR count). The lowest BCUT2D eigenvalue weighted by Crippen LogP contribution is -2.27. The molecule has 0 aliphatic heterocycles. The van der Waals surface area contributed by atoms with Crippen LogP contribution in [0.4, 0.5) is 0 Å². The van der Waals surface area contributed by atoms with Crippen LogP contribution < -0.4 is 0 Å². The molecule has 1 aromatic heterocycles. The Balaban J connectivity index is 1.85. The van der Waals surface area contributed by atoms with Gasteiger partial charge in [0.05, 0.1) is 0 Å². The zero-order chi connectivity index (χ0) is 12.3. The van der Waals surface area contributed by atoms with Crippen molar-refractivity contribution < 1.29 is 9.53 Å². The molecule has 4 nitrogen and oxygen atoms in total. The van der Waals surface area contributed by atoms with Crippen molar-refractivity contribution in [2.75, 3.05) is 6.61 Å². The fourth-order valence-corrected chi connectivity index (χ4v) is 2.09. The molecule has 0 radical (unpaired) electrons. The van der Waals surface area contributed by atoms with E-state index in [-0.39, 0.29) is 11.9 Å². The van der Waals surface area contributed by atoms with Crippen LogP contribution in [0.1, 0.15) is 32.0 Å². The molecular weight excluding hydrogens is 216 g/mol. The number of nitrogens with zero attached hydrogens (tertiary/aromatic N) is 2. The van der Waals surface area contributed by atoms with Crippen LogP contribution >= 0.6 is 0 Å². The molecule has 1 heterocycles. The number of aromatic nitrogens is 2. The molecule has 0 amide bonds. The quantitative estimate of drug-likeness (QED) is 0.724. The topological polar surface area (TPSA) is 44.1 Å². The first-order valence-corrected chi connectivity index (χ1v) is 6.33. The summed E-state index contributed by atoms with van der Waals surface area (Å²) in [5.41, 5.74) is 0. The molecule has 94 valence electrons. The highest BCUT2D eigenvalue weighted by Crippen LogP contribution is 2.35. The van der Waals surface area contributed by atoms with Gasteiger partial charge in [-0.2, -0.15) is 0 Å². The number of ketones is 1. The molecule has 1 unspecified atom stereocenters. The minimum Gasteiger partial charge on any atom is -0.370 e. The smallest absolute Gasteiger partial charge is 0.162 e. The lowest BCUT2D eigenvalue weighted by atomic mass is 10.1. The highest BCUT2D eigenvalue weighted by Gasteiger charge is 2.36. The highest BCUT2D eigenvalue weighted by atomic mass is 16.5. The molecular formula is C13H20N2O2. The van der Waals surface area contributed by atoms with Gasteiger partial charge in [-0.05, 0) is 25.7 Å². The van der Waals surface area contributed by atoms with Crippen LogP contribution in [0.2, 0.25) is 0 Å². The number of rotatable bonds is 7. The lowest BCUT2D eigenvalue weighted by Gasteiger charge is -2.14. The third-order valence-corrected chi connectivity index (χ3v) is 3.23. The van der Waals surface area contributed by atoms with Gasteiger partial charge in [-0.1, -0.05) is 0 Å². The average Bonchev–Trinajstić information content (AvgIpc) is 3.07. The van der Waals surface area contributed by atoms with Gasteiger partial charge in [-0.3, -0.25) is 4.79 Å². The Kier molecular flexibility index (Phi) is 3.94. The highest BCUT2D eigenvalue weighted by molar-refractivity contribution is 5.83. The van der Waals surface area contributed by atoms with E-state index in [1.807, 2.05) is 24.7 Å². The van der Waals surface area contributed by atoms with Crippen LogP contribution in [0.3, 0.4) is 0 Å². The maximum atomic E-state index is 12.1. The lowest BCUT2D eigenvalue weighted by molar-refractivity contribution is -0.131. The van der Waals surface area contributed by atoms with Gasteiger partial charge in [-0.25, -0.2) is 4.98 Å². The number of aryl methyl sites for hydroxylation is 2. The third kappa shape index (κ3) is 3.16. The molecule has 0 saturated heterocycles. The fraction of sp³-hybridized carbons (Fsp3) is 0.692. The van der Waals surface area contributed by atoms with Gasteiger partial charge in [-0.15, -0.1) is 0 Å². The third-order valence-electron chi connectivity index (χ3n) is 3.23. The molecule has 1 aliphatic rings. The van der Waals surface area contributed by atoms with Crippen molar-refractivity contribution in [1.29, 1.82) is 0 Å². The summed E-state index contributed by atoms with van der Waals surface area (Å²) in [6.07, 6.45) is 7.02. The zero-order valence-electron chi connectivity index (χ0n) is 10.6. The second-order valence-corrected chi connectivity index (χ2v) is 4.63. The SMILES string of the molecule is CCOC(C(=O)CCc1nccn1C)C1CC1. The van der Waals surface area contributed by atoms with E-state index in [1.54, 1.807) is 6.20 Å². The van der Waals surface area contributed by atoms with Crippen LogP contribution in [0, 0.1) is 5.92 Å². The van der Waals surface area contributed by atoms with E-state index in [0.717, 1.165) is 18.7 Å². The predicted molar refractivity (Wildman–Crippen MR) is 64.7 cm³/mol. The van der Waals surface area contributed by atoms with Gasteiger partial charge in [0.25, 0.3) is 0 Å². The number of carbonyl (C=O) groups excluding carboxylic acids is 1. The van der Waals surface area contributed by atoms with Crippen molar-refractivity contribution in [3.8, 4) is 0 Å². The van der Waals surface area contributed by atoms with Crippen LogP contribution in [0.25, 0.3) is 0 Å².